The number of alkyl halides is 1. The van der Waals surface area contributed by atoms with E-state index in [0.717, 1.165) is 6.42 Å². The van der Waals surface area contributed by atoms with Gasteiger partial charge in [0.1, 0.15) is 12.5 Å². The Hall–Kier alpha value is -0.960. The lowest BCUT2D eigenvalue weighted by Gasteiger charge is -2.10. The Bertz CT molecular complexity index is 312. The van der Waals surface area contributed by atoms with Gasteiger partial charge in [-0.2, -0.15) is 0 Å². The zero-order valence-corrected chi connectivity index (χ0v) is 8.84. The summed E-state index contributed by atoms with van der Waals surface area (Å²) in [6.07, 6.45) is 1.21. The van der Waals surface area contributed by atoms with Gasteiger partial charge in [0.25, 0.3) is 0 Å². The molecular formula is C12H16F2O. The molecule has 84 valence electrons. The van der Waals surface area contributed by atoms with Gasteiger partial charge in [-0.05, 0) is 23.6 Å². The molecule has 0 heterocycles. The number of hydrogen-bond donors (Lipinski definition) is 1. The zero-order valence-electron chi connectivity index (χ0n) is 8.84. The van der Waals surface area contributed by atoms with E-state index in [0.29, 0.717) is 17.5 Å². The van der Waals surface area contributed by atoms with E-state index in [1.807, 2.05) is 6.92 Å². The van der Waals surface area contributed by atoms with Crippen molar-refractivity contribution in [2.45, 2.75) is 39.0 Å². The molecule has 0 saturated carbocycles. The van der Waals surface area contributed by atoms with Crippen LogP contribution in [0.2, 0.25) is 0 Å². The number of aliphatic hydroxyl groups excluding tert-OH is 1. The van der Waals surface area contributed by atoms with Gasteiger partial charge in [-0.1, -0.05) is 25.5 Å². The largest absolute Gasteiger partial charge is 0.393 e. The third kappa shape index (κ3) is 3.59. The molecule has 1 atom stereocenters. The van der Waals surface area contributed by atoms with Crippen molar-refractivity contribution >= 4 is 0 Å². The first kappa shape index (κ1) is 12.1. The summed E-state index contributed by atoms with van der Waals surface area (Å²) in [5.41, 5.74) is 0.848. The highest BCUT2D eigenvalue weighted by molar-refractivity contribution is 5.25. The molecule has 1 aromatic carbocycles. The Morgan fingerprint density at radius 1 is 1.40 bits per heavy atom. The van der Waals surface area contributed by atoms with Crippen molar-refractivity contribution in [3.05, 3.63) is 35.1 Å². The van der Waals surface area contributed by atoms with Crippen LogP contribution in [0.25, 0.3) is 0 Å². The summed E-state index contributed by atoms with van der Waals surface area (Å²) in [7, 11) is 0. The molecule has 0 radical (unpaired) electrons. The van der Waals surface area contributed by atoms with Crippen molar-refractivity contribution in [3.8, 4) is 0 Å². The van der Waals surface area contributed by atoms with Crippen LogP contribution in [-0.4, -0.2) is 11.2 Å². The molecule has 3 heteroatoms. The summed E-state index contributed by atoms with van der Waals surface area (Å²) in [4.78, 5) is 0. The predicted octanol–water partition coefficient (Wildman–Crippen LogP) is 3.00. The van der Waals surface area contributed by atoms with E-state index >= 15 is 0 Å². The summed E-state index contributed by atoms with van der Waals surface area (Å²) in [6, 6.07) is 4.15. The number of benzene rings is 1. The average molecular weight is 214 g/mol. The van der Waals surface area contributed by atoms with Crippen molar-refractivity contribution < 1.29 is 13.9 Å². The van der Waals surface area contributed by atoms with E-state index in [9.17, 15) is 13.9 Å². The summed E-state index contributed by atoms with van der Waals surface area (Å²) in [6.45, 7) is 1.36. The molecule has 0 aliphatic rings. The van der Waals surface area contributed by atoms with Crippen molar-refractivity contribution in [1.29, 1.82) is 0 Å². The molecule has 0 unspecified atom stereocenters. The Morgan fingerprint density at radius 3 is 2.73 bits per heavy atom. The van der Waals surface area contributed by atoms with E-state index in [1.54, 1.807) is 0 Å². The van der Waals surface area contributed by atoms with Gasteiger partial charge in [0, 0.05) is 6.42 Å². The fourth-order valence-electron chi connectivity index (χ4n) is 1.56. The second kappa shape index (κ2) is 5.81. The van der Waals surface area contributed by atoms with Gasteiger partial charge < -0.3 is 5.11 Å². The first-order valence-electron chi connectivity index (χ1n) is 5.18. The Morgan fingerprint density at radius 2 is 2.13 bits per heavy atom. The molecule has 0 fully saturated rings. The molecule has 0 aliphatic carbocycles. The molecule has 0 amide bonds. The quantitative estimate of drug-likeness (QED) is 0.798. The van der Waals surface area contributed by atoms with Crippen LogP contribution in [-0.2, 0) is 13.1 Å². The Balaban J connectivity index is 2.74. The smallest absolute Gasteiger partial charge is 0.126 e. The lowest BCUT2D eigenvalue weighted by atomic mass is 10.0. The number of rotatable bonds is 5. The van der Waals surface area contributed by atoms with E-state index < -0.39 is 12.8 Å². The van der Waals surface area contributed by atoms with Crippen LogP contribution in [0.3, 0.4) is 0 Å². The third-order valence-electron chi connectivity index (χ3n) is 2.34. The molecule has 0 bridgehead atoms. The van der Waals surface area contributed by atoms with Gasteiger partial charge >= 0.3 is 0 Å². The van der Waals surface area contributed by atoms with Gasteiger partial charge in [0.15, 0.2) is 0 Å². The summed E-state index contributed by atoms with van der Waals surface area (Å²) < 4.78 is 25.6. The highest BCUT2D eigenvalue weighted by atomic mass is 19.1. The summed E-state index contributed by atoms with van der Waals surface area (Å²) >= 11 is 0. The number of aliphatic hydroxyl groups is 1. The predicted molar refractivity (Wildman–Crippen MR) is 55.8 cm³/mol. The maximum absolute atomic E-state index is 13.3. The lowest BCUT2D eigenvalue weighted by Crippen LogP contribution is -2.11. The number of halogens is 2. The maximum atomic E-state index is 13.3. The van der Waals surface area contributed by atoms with Crippen molar-refractivity contribution in [2.75, 3.05) is 0 Å². The Labute approximate surface area is 88.7 Å². The molecule has 15 heavy (non-hydrogen) atoms. The van der Waals surface area contributed by atoms with Gasteiger partial charge in [-0.3, -0.25) is 0 Å². The van der Waals surface area contributed by atoms with Crippen LogP contribution in [0.5, 0.6) is 0 Å². The fourth-order valence-corrected chi connectivity index (χ4v) is 1.56. The van der Waals surface area contributed by atoms with Gasteiger partial charge in [0.05, 0.1) is 6.10 Å². The topological polar surface area (TPSA) is 20.2 Å². The highest BCUT2D eigenvalue weighted by Gasteiger charge is 2.09. The minimum absolute atomic E-state index is 0.257. The van der Waals surface area contributed by atoms with Crippen LogP contribution in [0.15, 0.2) is 18.2 Å². The molecule has 1 rings (SSSR count). The molecule has 0 saturated heterocycles. The summed E-state index contributed by atoms with van der Waals surface area (Å²) in [5.74, 6) is -0.373. The molecular weight excluding hydrogens is 198 g/mol. The standard InChI is InChI=1S/C12H16F2O/c1-2-3-11(15)7-10-6-9(8-13)4-5-12(10)14/h4-6,11,15H,2-3,7-8H2,1H3/t11-/m0/s1. The van der Waals surface area contributed by atoms with Crippen LogP contribution in [0, 0.1) is 5.82 Å². The maximum Gasteiger partial charge on any atom is 0.126 e. The van der Waals surface area contributed by atoms with Crippen LogP contribution >= 0.6 is 0 Å². The van der Waals surface area contributed by atoms with E-state index in [2.05, 4.69) is 0 Å². The molecule has 1 nitrogen and oxygen atoms in total. The minimum atomic E-state index is -0.600. The second-order valence-corrected chi connectivity index (χ2v) is 3.71. The van der Waals surface area contributed by atoms with Crippen molar-refractivity contribution in [3.63, 3.8) is 0 Å². The number of hydrogen-bond acceptors (Lipinski definition) is 1. The Kier molecular flexibility index (Phi) is 4.69. The molecule has 1 aromatic rings. The lowest BCUT2D eigenvalue weighted by molar-refractivity contribution is 0.162. The molecule has 0 aliphatic heterocycles. The SMILES string of the molecule is CCC[C@H](O)Cc1cc(CF)ccc1F. The minimum Gasteiger partial charge on any atom is -0.393 e. The van der Waals surface area contributed by atoms with Crippen LogP contribution < -0.4 is 0 Å². The molecule has 1 N–H and O–H groups in total. The molecule has 0 aromatic heterocycles. The zero-order chi connectivity index (χ0) is 11.3. The van der Waals surface area contributed by atoms with E-state index in [1.165, 1.54) is 18.2 Å². The van der Waals surface area contributed by atoms with Gasteiger partial charge in [-0.25, -0.2) is 8.78 Å². The van der Waals surface area contributed by atoms with Gasteiger partial charge in [-0.15, -0.1) is 0 Å². The monoisotopic (exact) mass is 214 g/mol. The normalized spacial score (nSPS) is 12.8. The van der Waals surface area contributed by atoms with E-state index in [-0.39, 0.29) is 12.2 Å². The third-order valence-corrected chi connectivity index (χ3v) is 2.34. The second-order valence-electron chi connectivity index (χ2n) is 3.71. The first-order valence-corrected chi connectivity index (χ1v) is 5.18. The van der Waals surface area contributed by atoms with Crippen molar-refractivity contribution in [2.24, 2.45) is 0 Å². The van der Waals surface area contributed by atoms with Crippen LogP contribution in [0.1, 0.15) is 30.9 Å². The average Bonchev–Trinajstić information content (AvgIpc) is 2.21. The first-order chi connectivity index (χ1) is 7.17. The highest BCUT2D eigenvalue weighted by Crippen LogP contribution is 2.15. The van der Waals surface area contributed by atoms with Gasteiger partial charge in [0.2, 0.25) is 0 Å². The van der Waals surface area contributed by atoms with Crippen LogP contribution in [0.4, 0.5) is 8.78 Å². The molecule has 0 spiro atoms. The van der Waals surface area contributed by atoms with Crippen molar-refractivity contribution in [1.82, 2.24) is 0 Å². The summed E-state index contributed by atoms with van der Waals surface area (Å²) in [5, 5.41) is 9.53. The van der Waals surface area contributed by atoms with E-state index in [4.69, 9.17) is 0 Å². The fraction of sp³-hybridized carbons (Fsp3) is 0.500.